The van der Waals surface area contributed by atoms with Crippen LogP contribution < -0.4 is 15.4 Å². The van der Waals surface area contributed by atoms with E-state index in [2.05, 4.69) is 15.6 Å². The van der Waals surface area contributed by atoms with Gasteiger partial charge >= 0.3 is 0 Å². The van der Waals surface area contributed by atoms with Gasteiger partial charge in [0, 0.05) is 23.8 Å². The molecular weight excluding hydrogens is 349 g/mol. The maximum absolute atomic E-state index is 12.5. The number of amides is 1. The van der Waals surface area contributed by atoms with E-state index in [9.17, 15) is 4.79 Å². The Morgan fingerprint density at radius 1 is 1.33 bits per heavy atom. The Kier molecular flexibility index (Phi) is 5.56. The molecular formula is C17H17Cl2N3O2. The quantitative estimate of drug-likeness (QED) is 0.867. The molecule has 7 heteroatoms. The molecule has 1 amide bonds. The van der Waals surface area contributed by atoms with Gasteiger partial charge in [-0.25, -0.2) is 4.98 Å². The van der Waals surface area contributed by atoms with Gasteiger partial charge in [-0.15, -0.1) is 0 Å². The second-order valence-electron chi connectivity index (χ2n) is 5.55. The predicted octanol–water partition coefficient (Wildman–Crippen LogP) is 3.66. The third-order valence-electron chi connectivity index (χ3n) is 3.75. The van der Waals surface area contributed by atoms with Gasteiger partial charge in [-0.1, -0.05) is 23.2 Å². The molecule has 1 aromatic heterocycles. The molecule has 1 unspecified atom stereocenters. The molecule has 1 aliphatic rings. The van der Waals surface area contributed by atoms with Gasteiger partial charge in [0.2, 0.25) is 5.88 Å². The van der Waals surface area contributed by atoms with Gasteiger partial charge in [-0.3, -0.25) is 4.79 Å². The minimum atomic E-state index is -0.211. The third kappa shape index (κ3) is 4.17. The number of hydrogen-bond donors (Lipinski definition) is 2. The fourth-order valence-corrected chi connectivity index (χ4v) is 2.99. The summed E-state index contributed by atoms with van der Waals surface area (Å²) in [5, 5.41) is 7.14. The Bertz CT molecular complexity index is 734. The summed E-state index contributed by atoms with van der Waals surface area (Å²) >= 11 is 12.0. The zero-order valence-corrected chi connectivity index (χ0v) is 14.4. The second kappa shape index (κ2) is 7.83. The lowest BCUT2D eigenvalue weighted by molar-refractivity contribution is 0.0927. The fraction of sp³-hybridized carbons (Fsp3) is 0.294. The van der Waals surface area contributed by atoms with E-state index < -0.39 is 0 Å². The molecule has 0 bridgehead atoms. The molecule has 0 aliphatic carbocycles. The summed E-state index contributed by atoms with van der Waals surface area (Å²) < 4.78 is 5.73. The van der Waals surface area contributed by atoms with Crippen LogP contribution in [0.5, 0.6) is 11.6 Å². The Morgan fingerprint density at radius 3 is 2.96 bits per heavy atom. The summed E-state index contributed by atoms with van der Waals surface area (Å²) in [6.07, 6.45) is 3.57. The number of benzene rings is 1. The van der Waals surface area contributed by atoms with Crippen molar-refractivity contribution >= 4 is 29.1 Å². The molecule has 1 atom stereocenters. The lowest BCUT2D eigenvalue weighted by Gasteiger charge is -2.24. The number of rotatable bonds is 4. The van der Waals surface area contributed by atoms with Gasteiger partial charge in [-0.2, -0.15) is 0 Å². The number of nitrogens with zero attached hydrogens (tertiary/aromatic N) is 1. The molecule has 0 radical (unpaired) electrons. The van der Waals surface area contributed by atoms with Gasteiger partial charge in [0.25, 0.3) is 5.91 Å². The number of aromatic nitrogens is 1. The number of ether oxygens (including phenoxy) is 1. The van der Waals surface area contributed by atoms with Crippen LogP contribution in [0.2, 0.25) is 10.0 Å². The van der Waals surface area contributed by atoms with Gasteiger partial charge in [0.05, 0.1) is 5.02 Å². The number of nitrogens with one attached hydrogen (secondary N) is 2. The zero-order valence-electron chi connectivity index (χ0n) is 12.9. The largest absolute Gasteiger partial charge is 0.437 e. The summed E-state index contributed by atoms with van der Waals surface area (Å²) in [5.41, 5.74) is 0.370. The average Bonchev–Trinajstić information content (AvgIpc) is 2.59. The van der Waals surface area contributed by atoms with Crippen LogP contribution in [0, 0.1) is 0 Å². The number of carbonyl (C=O) groups is 1. The Hall–Kier alpha value is -1.82. The highest BCUT2D eigenvalue weighted by molar-refractivity contribution is 6.35. The molecule has 1 aromatic carbocycles. The molecule has 1 fully saturated rings. The number of carbonyl (C=O) groups excluding carboxylic acids is 1. The van der Waals surface area contributed by atoms with E-state index in [4.69, 9.17) is 27.9 Å². The maximum Gasteiger partial charge on any atom is 0.257 e. The summed E-state index contributed by atoms with van der Waals surface area (Å²) in [6, 6.07) is 8.38. The van der Waals surface area contributed by atoms with Crippen molar-refractivity contribution in [2.45, 2.75) is 18.9 Å². The molecule has 126 valence electrons. The molecule has 2 aromatic rings. The first-order chi connectivity index (χ1) is 11.6. The minimum absolute atomic E-state index is 0.110. The number of hydrogen-bond acceptors (Lipinski definition) is 4. The molecule has 2 heterocycles. The standard InChI is InChI=1S/C17H17Cl2N3O2/c18-11-5-6-15(14(19)9-11)24-17-13(4-2-8-21-17)16(23)22-12-3-1-7-20-10-12/h2,4-6,8-9,12,20H,1,3,7,10H2,(H,22,23). The molecule has 3 rings (SSSR count). The van der Waals surface area contributed by atoms with E-state index in [0.29, 0.717) is 21.4 Å². The van der Waals surface area contributed by atoms with Gasteiger partial charge < -0.3 is 15.4 Å². The topological polar surface area (TPSA) is 63.2 Å². The molecule has 0 saturated carbocycles. The Morgan fingerprint density at radius 2 is 2.21 bits per heavy atom. The van der Waals surface area contributed by atoms with E-state index in [-0.39, 0.29) is 17.8 Å². The van der Waals surface area contributed by atoms with Crippen LogP contribution >= 0.6 is 23.2 Å². The van der Waals surface area contributed by atoms with Crippen LogP contribution in [-0.2, 0) is 0 Å². The number of halogens is 2. The Balaban J connectivity index is 1.78. The summed E-state index contributed by atoms with van der Waals surface area (Å²) in [6.45, 7) is 1.76. The lowest BCUT2D eigenvalue weighted by atomic mass is 10.1. The van der Waals surface area contributed by atoms with Crippen molar-refractivity contribution in [3.05, 3.63) is 52.1 Å². The Labute approximate surface area is 150 Å². The smallest absolute Gasteiger partial charge is 0.257 e. The minimum Gasteiger partial charge on any atom is -0.437 e. The van der Waals surface area contributed by atoms with Crippen molar-refractivity contribution < 1.29 is 9.53 Å². The van der Waals surface area contributed by atoms with Crippen molar-refractivity contribution in [3.8, 4) is 11.6 Å². The highest BCUT2D eigenvalue weighted by atomic mass is 35.5. The summed E-state index contributed by atoms with van der Waals surface area (Å²) in [5.74, 6) is 0.396. The van der Waals surface area contributed by atoms with Crippen LogP contribution in [0.4, 0.5) is 0 Å². The van der Waals surface area contributed by atoms with Crippen LogP contribution in [-0.4, -0.2) is 30.0 Å². The van der Waals surface area contributed by atoms with Crippen LogP contribution in [0.1, 0.15) is 23.2 Å². The van der Waals surface area contributed by atoms with E-state index in [1.165, 1.54) is 0 Å². The summed E-state index contributed by atoms with van der Waals surface area (Å²) in [4.78, 5) is 16.7. The highest BCUT2D eigenvalue weighted by Crippen LogP contribution is 2.32. The van der Waals surface area contributed by atoms with Gasteiger partial charge in [0.1, 0.15) is 11.3 Å². The van der Waals surface area contributed by atoms with Crippen LogP contribution in [0.25, 0.3) is 0 Å². The molecule has 5 nitrogen and oxygen atoms in total. The first-order valence-electron chi connectivity index (χ1n) is 7.73. The predicted molar refractivity (Wildman–Crippen MR) is 94.1 cm³/mol. The molecule has 1 aliphatic heterocycles. The summed E-state index contributed by atoms with van der Waals surface area (Å²) in [7, 11) is 0. The molecule has 0 spiro atoms. The van der Waals surface area contributed by atoms with Gasteiger partial charge in [0.15, 0.2) is 0 Å². The molecule has 1 saturated heterocycles. The van der Waals surface area contributed by atoms with Crippen molar-refractivity contribution in [1.82, 2.24) is 15.6 Å². The van der Waals surface area contributed by atoms with E-state index in [0.717, 1.165) is 25.9 Å². The van der Waals surface area contributed by atoms with Crippen molar-refractivity contribution in [2.75, 3.05) is 13.1 Å². The zero-order chi connectivity index (χ0) is 16.9. The van der Waals surface area contributed by atoms with E-state index in [1.54, 1.807) is 36.5 Å². The van der Waals surface area contributed by atoms with E-state index >= 15 is 0 Å². The first kappa shape index (κ1) is 17.0. The van der Waals surface area contributed by atoms with Crippen molar-refractivity contribution in [1.29, 1.82) is 0 Å². The first-order valence-corrected chi connectivity index (χ1v) is 8.48. The highest BCUT2D eigenvalue weighted by Gasteiger charge is 2.20. The van der Waals surface area contributed by atoms with Gasteiger partial charge in [-0.05, 0) is 49.7 Å². The van der Waals surface area contributed by atoms with Crippen molar-refractivity contribution in [3.63, 3.8) is 0 Å². The average molecular weight is 366 g/mol. The van der Waals surface area contributed by atoms with E-state index in [1.807, 2.05) is 0 Å². The molecule has 2 N–H and O–H groups in total. The number of pyridine rings is 1. The monoisotopic (exact) mass is 365 g/mol. The second-order valence-corrected chi connectivity index (χ2v) is 6.39. The fourth-order valence-electron chi connectivity index (χ4n) is 2.55. The van der Waals surface area contributed by atoms with Crippen LogP contribution in [0.3, 0.4) is 0 Å². The SMILES string of the molecule is O=C(NC1CCCNC1)c1cccnc1Oc1ccc(Cl)cc1Cl. The maximum atomic E-state index is 12.5. The number of piperidine rings is 1. The van der Waals surface area contributed by atoms with Crippen molar-refractivity contribution in [2.24, 2.45) is 0 Å². The van der Waals surface area contributed by atoms with Crippen LogP contribution in [0.15, 0.2) is 36.5 Å². The molecule has 24 heavy (non-hydrogen) atoms. The lowest BCUT2D eigenvalue weighted by Crippen LogP contribution is -2.45. The third-order valence-corrected chi connectivity index (χ3v) is 4.28. The normalized spacial score (nSPS) is 17.3.